The number of piperidine rings is 1. The Labute approximate surface area is 171 Å². The maximum atomic E-state index is 12.0. The number of amides is 2. The van der Waals surface area contributed by atoms with Crippen LogP contribution in [0.25, 0.3) is 0 Å². The Kier molecular flexibility index (Phi) is 7.56. The predicted octanol–water partition coefficient (Wildman–Crippen LogP) is 1.69. The van der Waals surface area contributed by atoms with Crippen molar-refractivity contribution in [3.8, 4) is 6.07 Å². The van der Waals surface area contributed by atoms with Crippen LogP contribution in [-0.4, -0.2) is 48.0 Å². The molecule has 1 fully saturated rings. The fraction of sp³-hybridized carbons (Fsp3) is 0.571. The summed E-state index contributed by atoms with van der Waals surface area (Å²) in [5, 5.41) is 14.6. The maximum absolute atomic E-state index is 12.0. The van der Waals surface area contributed by atoms with Crippen LogP contribution in [0.2, 0.25) is 0 Å². The van der Waals surface area contributed by atoms with Crippen molar-refractivity contribution in [3.05, 3.63) is 29.7 Å². The largest absolute Gasteiger partial charge is 0.354 e. The fourth-order valence-electron chi connectivity index (χ4n) is 3.86. The molecule has 2 aliphatic rings. The molecule has 2 amide bonds. The molecule has 8 heteroatoms. The Morgan fingerprint density at radius 1 is 1.14 bits per heavy atom. The molecule has 8 nitrogen and oxygen atoms in total. The standard InChI is InChI=1S/C21H28N6O2/c22-14-18-19(24-11-10-23-18)27-12-7-17(8-13-27)15-26-21(29)20(28)25-9-6-16-4-2-1-3-5-16/h4,10-11,17H,1-3,5-9,12-13,15H2,(H,25,28)(H,26,29). The highest BCUT2D eigenvalue weighted by Crippen LogP contribution is 2.23. The van der Waals surface area contributed by atoms with Crippen LogP contribution in [0.4, 0.5) is 5.82 Å². The van der Waals surface area contributed by atoms with E-state index in [2.05, 4.69) is 37.6 Å². The second-order valence-electron chi connectivity index (χ2n) is 7.59. The molecule has 2 heterocycles. The third kappa shape index (κ3) is 6.01. The van der Waals surface area contributed by atoms with E-state index in [4.69, 9.17) is 5.26 Å². The number of hydrogen-bond donors (Lipinski definition) is 2. The van der Waals surface area contributed by atoms with E-state index in [1.165, 1.54) is 24.6 Å². The molecule has 154 valence electrons. The van der Waals surface area contributed by atoms with Crippen molar-refractivity contribution < 1.29 is 9.59 Å². The Morgan fingerprint density at radius 3 is 2.62 bits per heavy atom. The normalized spacial score (nSPS) is 17.2. The molecule has 2 N–H and O–H groups in total. The lowest BCUT2D eigenvalue weighted by atomic mass is 9.96. The molecule has 0 aromatic carbocycles. The van der Waals surface area contributed by atoms with Crippen molar-refractivity contribution in [1.82, 2.24) is 20.6 Å². The number of carbonyl (C=O) groups is 2. The van der Waals surface area contributed by atoms with Gasteiger partial charge < -0.3 is 15.5 Å². The van der Waals surface area contributed by atoms with E-state index in [-0.39, 0.29) is 0 Å². The van der Waals surface area contributed by atoms with Gasteiger partial charge in [-0.05, 0) is 50.9 Å². The van der Waals surface area contributed by atoms with Gasteiger partial charge in [-0.2, -0.15) is 5.26 Å². The van der Waals surface area contributed by atoms with Gasteiger partial charge >= 0.3 is 11.8 Å². The zero-order valence-corrected chi connectivity index (χ0v) is 16.7. The highest BCUT2D eigenvalue weighted by atomic mass is 16.2. The minimum absolute atomic E-state index is 0.303. The number of nitrogens with one attached hydrogen (secondary N) is 2. The quantitative estimate of drug-likeness (QED) is 0.559. The van der Waals surface area contributed by atoms with Gasteiger partial charge in [-0.1, -0.05) is 11.6 Å². The van der Waals surface area contributed by atoms with Crippen LogP contribution in [0.3, 0.4) is 0 Å². The third-order valence-electron chi connectivity index (χ3n) is 5.57. The molecule has 1 aliphatic carbocycles. The van der Waals surface area contributed by atoms with Crippen molar-refractivity contribution >= 4 is 17.6 Å². The van der Waals surface area contributed by atoms with Gasteiger partial charge in [0.2, 0.25) is 0 Å². The van der Waals surface area contributed by atoms with Gasteiger partial charge in [0.1, 0.15) is 6.07 Å². The number of rotatable bonds is 6. The summed E-state index contributed by atoms with van der Waals surface area (Å²) >= 11 is 0. The summed E-state index contributed by atoms with van der Waals surface area (Å²) in [6.07, 6.45) is 12.6. The maximum Gasteiger partial charge on any atom is 0.309 e. The molecular formula is C21H28N6O2. The first kappa shape index (κ1) is 20.8. The third-order valence-corrected chi connectivity index (χ3v) is 5.57. The zero-order chi connectivity index (χ0) is 20.5. The Morgan fingerprint density at radius 2 is 1.90 bits per heavy atom. The first-order valence-corrected chi connectivity index (χ1v) is 10.4. The van der Waals surface area contributed by atoms with E-state index < -0.39 is 11.8 Å². The van der Waals surface area contributed by atoms with E-state index in [0.29, 0.717) is 30.5 Å². The predicted molar refractivity (Wildman–Crippen MR) is 109 cm³/mol. The minimum Gasteiger partial charge on any atom is -0.354 e. The summed E-state index contributed by atoms with van der Waals surface area (Å²) in [6.45, 7) is 2.48. The highest BCUT2D eigenvalue weighted by Gasteiger charge is 2.23. The highest BCUT2D eigenvalue weighted by molar-refractivity contribution is 6.35. The fourth-order valence-corrected chi connectivity index (χ4v) is 3.86. The topological polar surface area (TPSA) is 111 Å². The number of nitriles is 1. The van der Waals surface area contributed by atoms with Gasteiger partial charge in [-0.25, -0.2) is 9.97 Å². The first-order valence-electron chi connectivity index (χ1n) is 10.4. The number of hydrogen-bond acceptors (Lipinski definition) is 6. The molecule has 1 aromatic heterocycles. The second kappa shape index (κ2) is 10.6. The van der Waals surface area contributed by atoms with E-state index in [0.717, 1.165) is 45.2 Å². The molecule has 0 unspecified atom stereocenters. The molecular weight excluding hydrogens is 368 g/mol. The smallest absolute Gasteiger partial charge is 0.309 e. The van der Waals surface area contributed by atoms with Crippen LogP contribution in [-0.2, 0) is 9.59 Å². The van der Waals surface area contributed by atoms with Gasteiger partial charge in [-0.15, -0.1) is 0 Å². The summed E-state index contributed by atoms with van der Waals surface area (Å²) in [4.78, 5) is 34.4. The molecule has 1 aliphatic heterocycles. The summed E-state index contributed by atoms with van der Waals surface area (Å²) in [6, 6.07) is 2.07. The number of carbonyl (C=O) groups excluding carboxylic acids is 2. The summed E-state index contributed by atoms with van der Waals surface area (Å²) < 4.78 is 0. The van der Waals surface area contributed by atoms with E-state index in [9.17, 15) is 9.59 Å². The van der Waals surface area contributed by atoms with Crippen molar-refractivity contribution in [1.29, 1.82) is 5.26 Å². The van der Waals surface area contributed by atoms with Crippen molar-refractivity contribution in [3.63, 3.8) is 0 Å². The first-order chi connectivity index (χ1) is 14.2. The van der Waals surface area contributed by atoms with E-state index >= 15 is 0 Å². The monoisotopic (exact) mass is 396 g/mol. The van der Waals surface area contributed by atoms with Crippen molar-refractivity contribution in [2.45, 2.75) is 44.9 Å². The van der Waals surface area contributed by atoms with E-state index in [1.807, 2.05) is 0 Å². The summed E-state index contributed by atoms with van der Waals surface area (Å²) in [5.41, 5.74) is 1.71. The van der Waals surface area contributed by atoms with Gasteiger partial charge in [0, 0.05) is 38.6 Å². The van der Waals surface area contributed by atoms with Crippen molar-refractivity contribution in [2.24, 2.45) is 5.92 Å². The Hall–Kier alpha value is -2.95. The SMILES string of the molecule is N#Cc1nccnc1N1CCC(CNC(=O)C(=O)NCCC2=CCCCC2)CC1. The minimum atomic E-state index is -0.564. The molecule has 0 atom stereocenters. The molecule has 0 radical (unpaired) electrons. The average Bonchev–Trinajstić information content (AvgIpc) is 2.78. The molecule has 29 heavy (non-hydrogen) atoms. The molecule has 0 spiro atoms. The summed E-state index contributed by atoms with van der Waals surface area (Å²) in [5.74, 6) is -0.203. The Balaban J connectivity index is 1.35. The van der Waals surface area contributed by atoms with Crippen LogP contribution >= 0.6 is 0 Å². The van der Waals surface area contributed by atoms with Gasteiger partial charge in [0.15, 0.2) is 11.5 Å². The lowest BCUT2D eigenvalue weighted by molar-refractivity contribution is -0.139. The molecule has 3 rings (SSSR count). The zero-order valence-electron chi connectivity index (χ0n) is 16.7. The number of anilines is 1. The van der Waals surface area contributed by atoms with Crippen LogP contribution in [0.15, 0.2) is 24.0 Å². The van der Waals surface area contributed by atoms with Gasteiger partial charge in [0.25, 0.3) is 0 Å². The number of nitrogens with zero attached hydrogens (tertiary/aromatic N) is 4. The molecule has 1 saturated heterocycles. The number of allylic oxidation sites excluding steroid dienone is 1. The Bertz CT molecular complexity index is 793. The van der Waals surface area contributed by atoms with Crippen LogP contribution in [0.5, 0.6) is 0 Å². The van der Waals surface area contributed by atoms with Crippen LogP contribution in [0.1, 0.15) is 50.6 Å². The number of aromatic nitrogens is 2. The van der Waals surface area contributed by atoms with Gasteiger partial charge in [-0.3, -0.25) is 9.59 Å². The van der Waals surface area contributed by atoms with E-state index in [1.54, 1.807) is 6.20 Å². The molecule has 0 saturated carbocycles. The average molecular weight is 396 g/mol. The summed E-state index contributed by atoms with van der Waals surface area (Å²) in [7, 11) is 0. The lowest BCUT2D eigenvalue weighted by Gasteiger charge is -2.32. The van der Waals surface area contributed by atoms with Crippen molar-refractivity contribution in [2.75, 3.05) is 31.1 Å². The molecule has 0 bridgehead atoms. The second-order valence-corrected chi connectivity index (χ2v) is 7.59. The lowest BCUT2D eigenvalue weighted by Crippen LogP contribution is -2.44. The molecule has 1 aromatic rings. The van der Waals surface area contributed by atoms with Crippen LogP contribution < -0.4 is 15.5 Å². The van der Waals surface area contributed by atoms with Gasteiger partial charge in [0.05, 0.1) is 0 Å². The van der Waals surface area contributed by atoms with Crippen LogP contribution in [0, 0.1) is 17.2 Å².